The van der Waals surface area contributed by atoms with Gasteiger partial charge in [-0.1, -0.05) is 44.8 Å². The van der Waals surface area contributed by atoms with E-state index in [9.17, 15) is 0 Å². The molecule has 0 aromatic heterocycles. The first-order valence-electron chi connectivity index (χ1n) is 5.14. The van der Waals surface area contributed by atoms with Crippen LogP contribution in [0.15, 0.2) is 46.2 Å². The van der Waals surface area contributed by atoms with Gasteiger partial charge in [0.25, 0.3) is 0 Å². The molecule has 0 saturated heterocycles. The van der Waals surface area contributed by atoms with Gasteiger partial charge >= 0.3 is 0 Å². The Morgan fingerprint density at radius 2 is 1.05 bits per heavy atom. The normalized spacial score (nSPS) is 9.60. The van der Waals surface area contributed by atoms with Crippen molar-refractivity contribution in [3.05, 3.63) is 46.4 Å². The summed E-state index contributed by atoms with van der Waals surface area (Å²) in [5, 5.41) is 1.38. The summed E-state index contributed by atoms with van der Waals surface area (Å²) < 4.78 is 0. The minimum Gasteiger partial charge on any atom is -1.00 e. The number of hydrogen-bond acceptors (Lipinski definition) is 2. The number of benzene rings is 2. The Hall–Kier alpha value is 0.220. The van der Waals surface area contributed by atoms with E-state index in [1.807, 2.05) is 36.4 Å². The smallest absolute Gasteiger partial charge is 0.147 e. The molecule has 0 atom stereocenters. The Bertz CT molecular complexity index is 530. The molecule has 0 amide bonds. The molecule has 20 heavy (non-hydrogen) atoms. The van der Waals surface area contributed by atoms with Crippen molar-refractivity contribution >= 4 is 56.2 Å². The summed E-state index contributed by atoms with van der Waals surface area (Å²) >= 11 is 11.9. The lowest BCUT2D eigenvalue weighted by atomic mass is 10.3. The van der Waals surface area contributed by atoms with E-state index < -0.39 is 0 Å². The maximum Gasteiger partial charge on any atom is 0.147 e. The van der Waals surface area contributed by atoms with Crippen LogP contribution in [0.4, 0.5) is 11.4 Å². The lowest BCUT2D eigenvalue weighted by Gasteiger charge is -2.03. The average Bonchev–Trinajstić information content (AvgIpc) is 2.35. The molecule has 0 fully saturated rings. The molecule has 110 valence electrons. The van der Waals surface area contributed by atoms with Crippen LogP contribution in [0.1, 0.15) is 0 Å². The zero-order valence-corrected chi connectivity index (χ0v) is 14.9. The van der Waals surface area contributed by atoms with Crippen LogP contribution >= 0.6 is 44.8 Å². The van der Waals surface area contributed by atoms with Crippen molar-refractivity contribution in [1.82, 2.24) is 0 Å². The summed E-state index contributed by atoms with van der Waals surface area (Å²) in [6.07, 6.45) is 0. The van der Waals surface area contributed by atoms with E-state index in [4.69, 9.17) is 23.2 Å². The topological polar surface area (TPSA) is 55.3 Å². The van der Waals surface area contributed by atoms with Gasteiger partial charge in [-0.3, -0.25) is 0 Å². The van der Waals surface area contributed by atoms with E-state index in [0.29, 0.717) is 10.0 Å². The molecule has 0 heterocycles. The van der Waals surface area contributed by atoms with Gasteiger partial charge in [-0.15, -0.1) is 0 Å². The largest absolute Gasteiger partial charge is 1.00 e. The molecule has 8 heteroatoms. The van der Waals surface area contributed by atoms with Gasteiger partial charge in [-0.25, -0.2) is 0 Å². The number of rotatable bonds is 3. The van der Waals surface area contributed by atoms with E-state index in [2.05, 4.69) is 11.5 Å². The second-order valence-electron chi connectivity index (χ2n) is 3.67. The second-order valence-corrected chi connectivity index (χ2v) is 6.76. The van der Waals surface area contributed by atoms with E-state index in [1.54, 1.807) is 21.6 Å². The molecular weight excluding hydrogens is 378 g/mol. The maximum absolute atomic E-state index is 5.93. The van der Waals surface area contributed by atoms with Crippen molar-refractivity contribution in [3.8, 4) is 0 Å². The standard InChI is InChI=1S/C12H10Cl2N2S2.2ClH/c13-9-3-1-7(5-11(9)15)17-18-8-2-4-10(14)12(16)6-8;;/h1-6H,15-16H2;2*1H. The van der Waals surface area contributed by atoms with E-state index in [1.165, 1.54) is 0 Å². The number of halogens is 4. The van der Waals surface area contributed by atoms with Crippen LogP contribution in [-0.4, -0.2) is 0 Å². The molecule has 0 aliphatic heterocycles. The van der Waals surface area contributed by atoms with Crippen molar-refractivity contribution in [3.63, 3.8) is 0 Å². The fourth-order valence-electron chi connectivity index (χ4n) is 1.30. The minimum atomic E-state index is 0. The van der Waals surface area contributed by atoms with Gasteiger partial charge in [0.15, 0.2) is 0 Å². The first-order chi connectivity index (χ1) is 8.56. The van der Waals surface area contributed by atoms with Crippen LogP contribution in [0.2, 0.25) is 10.0 Å². The molecule has 2 aromatic rings. The average molecular weight is 390 g/mol. The molecule has 0 aliphatic carbocycles. The molecule has 6 N–H and O–H groups in total. The summed E-state index contributed by atoms with van der Waals surface area (Å²) in [5.41, 5.74) is 9.45. The summed E-state index contributed by atoms with van der Waals surface area (Å²) in [5.74, 6) is 0. The van der Waals surface area contributed by atoms with Crippen LogP contribution in [-0.2, 0) is 0 Å². The molecule has 2 aromatic carbocycles. The van der Waals surface area contributed by atoms with E-state index in [0.717, 1.165) is 21.2 Å². The molecule has 0 saturated carbocycles. The lowest BCUT2D eigenvalue weighted by molar-refractivity contribution is -0.255. The summed E-state index contributed by atoms with van der Waals surface area (Å²) in [6, 6.07) is 11.6. The van der Waals surface area contributed by atoms with Crippen molar-refractivity contribution in [2.45, 2.75) is 9.79 Å². The molecule has 0 unspecified atom stereocenters. The Morgan fingerprint density at radius 3 is 1.35 bits per heavy atom. The van der Waals surface area contributed by atoms with Gasteiger partial charge in [0.05, 0.1) is 0 Å². The summed E-state index contributed by atoms with van der Waals surface area (Å²) in [7, 11) is 3.32. The van der Waals surface area contributed by atoms with Crippen LogP contribution < -0.4 is 36.3 Å². The van der Waals surface area contributed by atoms with Crippen LogP contribution in [0.3, 0.4) is 0 Å². The third-order valence-corrected chi connectivity index (χ3v) is 5.39. The highest BCUT2D eigenvalue weighted by molar-refractivity contribution is 8.76. The lowest BCUT2D eigenvalue weighted by Crippen LogP contribution is -3.00. The van der Waals surface area contributed by atoms with E-state index >= 15 is 0 Å². The zero-order chi connectivity index (χ0) is 13.1. The quantitative estimate of drug-likeness (QED) is 0.572. The van der Waals surface area contributed by atoms with Gasteiger partial charge in [0.1, 0.15) is 21.4 Å². The van der Waals surface area contributed by atoms with Crippen LogP contribution in [0, 0.1) is 0 Å². The molecule has 0 radical (unpaired) electrons. The molecular formula is C12H12Cl4N2S2. The second kappa shape index (κ2) is 9.28. The van der Waals surface area contributed by atoms with Gasteiger partial charge < -0.3 is 36.3 Å². The number of quaternary nitrogens is 2. The maximum atomic E-state index is 5.93. The summed E-state index contributed by atoms with van der Waals surface area (Å²) in [4.78, 5) is 2.24. The van der Waals surface area contributed by atoms with Crippen molar-refractivity contribution < 1.29 is 36.3 Å². The Morgan fingerprint density at radius 1 is 0.700 bits per heavy atom. The highest BCUT2D eigenvalue weighted by atomic mass is 35.5. The van der Waals surface area contributed by atoms with Gasteiger partial charge in [-0.05, 0) is 24.3 Å². The monoisotopic (exact) mass is 388 g/mol. The molecule has 2 nitrogen and oxygen atoms in total. The first-order valence-corrected chi connectivity index (χ1v) is 8.04. The molecule has 0 bridgehead atoms. The Labute approximate surface area is 148 Å². The predicted molar refractivity (Wildman–Crippen MR) is 79.7 cm³/mol. The van der Waals surface area contributed by atoms with Crippen LogP contribution in [0.5, 0.6) is 0 Å². The van der Waals surface area contributed by atoms with Gasteiger partial charge in [-0.2, -0.15) is 0 Å². The third-order valence-electron chi connectivity index (χ3n) is 2.27. The van der Waals surface area contributed by atoms with Gasteiger partial charge in [0, 0.05) is 21.9 Å². The fourth-order valence-corrected chi connectivity index (χ4v) is 3.56. The van der Waals surface area contributed by atoms with Crippen LogP contribution in [0.25, 0.3) is 0 Å². The molecule has 2 rings (SSSR count). The summed E-state index contributed by atoms with van der Waals surface area (Å²) in [6.45, 7) is 0. The number of hydrogen-bond donors (Lipinski definition) is 2. The Kier molecular flexibility index (Phi) is 9.38. The van der Waals surface area contributed by atoms with Crippen molar-refractivity contribution in [1.29, 1.82) is 0 Å². The predicted octanol–water partition coefficient (Wildman–Crippen LogP) is -2.45. The van der Waals surface area contributed by atoms with Crippen molar-refractivity contribution in [2.24, 2.45) is 0 Å². The Balaban J connectivity index is 0.00000180. The van der Waals surface area contributed by atoms with E-state index in [-0.39, 0.29) is 24.8 Å². The zero-order valence-electron chi connectivity index (χ0n) is 10.2. The molecule has 0 aliphatic rings. The van der Waals surface area contributed by atoms with Gasteiger partial charge in [0.2, 0.25) is 0 Å². The SMILES string of the molecule is [Cl-].[Cl-].[NH3+]c1cc(SSc2ccc(Cl)c([NH3+])c2)ccc1Cl. The fraction of sp³-hybridized carbons (Fsp3) is 0. The highest BCUT2D eigenvalue weighted by Crippen LogP contribution is 2.39. The first kappa shape index (κ1) is 20.2. The minimum absolute atomic E-state index is 0. The third kappa shape index (κ3) is 5.54. The van der Waals surface area contributed by atoms with Crippen molar-refractivity contribution in [2.75, 3.05) is 0 Å². The molecule has 0 spiro atoms. The highest BCUT2D eigenvalue weighted by Gasteiger charge is 2.05.